The molecule has 170 valence electrons. The lowest BCUT2D eigenvalue weighted by Crippen LogP contribution is -2.75. The molecule has 2 bridgehead atoms. The quantitative estimate of drug-likeness (QED) is 0.406. The minimum Gasteiger partial charge on any atom is -0.459 e. The van der Waals surface area contributed by atoms with Crippen molar-refractivity contribution in [2.75, 3.05) is 0 Å². The van der Waals surface area contributed by atoms with Gasteiger partial charge in [-0.05, 0) is 42.6 Å². The van der Waals surface area contributed by atoms with Crippen molar-refractivity contribution >= 4 is 17.7 Å². The van der Waals surface area contributed by atoms with Crippen LogP contribution in [0.2, 0.25) is 0 Å². The molecule has 4 saturated carbocycles. The van der Waals surface area contributed by atoms with E-state index in [-0.39, 0.29) is 23.7 Å². The highest BCUT2D eigenvalue weighted by atomic mass is 16.6. The van der Waals surface area contributed by atoms with E-state index in [0.717, 1.165) is 0 Å². The Hall–Kier alpha value is -1.73. The molecule has 0 radical (unpaired) electrons. The highest BCUT2D eigenvalue weighted by Gasteiger charge is 2.89. The summed E-state index contributed by atoms with van der Waals surface area (Å²) in [5, 5.41) is 11.5. The van der Waals surface area contributed by atoms with Crippen molar-refractivity contribution in [2.24, 2.45) is 28.1 Å². The number of ether oxygens (including phenoxy) is 3. The molecule has 5 rings (SSSR count). The highest BCUT2D eigenvalue weighted by molar-refractivity contribution is 6.04. The smallest absolute Gasteiger partial charge is 0.303 e. The standard InChI is InChI=1S/C24H32O7/c1-11-14-7-17-24(31-17)22(6)18(15(27)9-23(24,8-14)19(11)28)21(4,5)10-16(29-12(2)25)20(22)30-13(3)26/h14-18,20,27H,1,7-10H2,2-6H3. The number of allylic oxidation sites excluding steroid dienone is 1. The molecule has 1 aliphatic heterocycles. The molecule has 5 aliphatic rings. The van der Waals surface area contributed by atoms with Crippen LogP contribution in [0.4, 0.5) is 0 Å². The topological polar surface area (TPSA) is 102 Å². The fraction of sp³-hybridized carbons (Fsp3) is 0.792. The zero-order valence-corrected chi connectivity index (χ0v) is 18.9. The van der Waals surface area contributed by atoms with Gasteiger partial charge in [0.1, 0.15) is 17.8 Å². The number of hydrogen-bond acceptors (Lipinski definition) is 7. The number of carbonyl (C=O) groups excluding carboxylic acids is 3. The Kier molecular flexibility index (Phi) is 4.08. The molecule has 9 atom stereocenters. The largest absolute Gasteiger partial charge is 0.459 e. The molecule has 1 saturated heterocycles. The lowest BCUT2D eigenvalue weighted by Gasteiger charge is -2.66. The van der Waals surface area contributed by atoms with Gasteiger partial charge in [0.2, 0.25) is 0 Å². The Morgan fingerprint density at radius 3 is 2.35 bits per heavy atom. The Morgan fingerprint density at radius 2 is 1.74 bits per heavy atom. The van der Waals surface area contributed by atoms with Crippen molar-refractivity contribution in [3.63, 3.8) is 0 Å². The van der Waals surface area contributed by atoms with Crippen LogP contribution in [0.5, 0.6) is 0 Å². The molecule has 0 aromatic heterocycles. The van der Waals surface area contributed by atoms with Crippen LogP contribution >= 0.6 is 0 Å². The van der Waals surface area contributed by atoms with E-state index in [1.807, 2.05) is 20.8 Å². The number of epoxide rings is 1. The first kappa shape index (κ1) is 21.1. The maximum atomic E-state index is 13.6. The van der Waals surface area contributed by atoms with E-state index in [9.17, 15) is 19.5 Å². The van der Waals surface area contributed by atoms with Gasteiger partial charge in [0.15, 0.2) is 5.78 Å². The van der Waals surface area contributed by atoms with Crippen molar-refractivity contribution in [3.8, 4) is 0 Å². The minimum atomic E-state index is -0.909. The molecule has 1 heterocycles. The molecule has 7 heteroatoms. The molecule has 31 heavy (non-hydrogen) atoms. The Labute approximate surface area is 182 Å². The van der Waals surface area contributed by atoms with Crippen molar-refractivity contribution in [3.05, 3.63) is 12.2 Å². The first-order valence-corrected chi connectivity index (χ1v) is 11.3. The Balaban J connectivity index is 1.73. The first-order chi connectivity index (χ1) is 14.3. The van der Waals surface area contributed by atoms with Gasteiger partial charge in [0, 0.05) is 25.2 Å². The fourth-order valence-electron chi connectivity index (χ4n) is 8.73. The zero-order valence-electron chi connectivity index (χ0n) is 18.9. The number of aliphatic hydroxyl groups excluding tert-OH is 1. The normalized spacial score (nSPS) is 51.3. The number of hydrogen-bond donors (Lipinski definition) is 1. The van der Waals surface area contributed by atoms with Crippen LogP contribution in [-0.4, -0.2) is 52.8 Å². The Bertz CT molecular complexity index is 908. The van der Waals surface area contributed by atoms with Crippen LogP contribution in [0, 0.1) is 28.1 Å². The molecule has 7 nitrogen and oxygen atoms in total. The summed E-state index contributed by atoms with van der Waals surface area (Å²) >= 11 is 0. The summed E-state index contributed by atoms with van der Waals surface area (Å²) < 4.78 is 18.1. The van der Waals surface area contributed by atoms with E-state index < -0.39 is 52.1 Å². The molecular weight excluding hydrogens is 400 g/mol. The molecule has 0 aromatic carbocycles. The second-order valence-electron chi connectivity index (χ2n) is 11.3. The molecule has 0 amide bonds. The van der Waals surface area contributed by atoms with Gasteiger partial charge in [-0.1, -0.05) is 27.4 Å². The summed E-state index contributed by atoms with van der Waals surface area (Å²) in [7, 11) is 0. The van der Waals surface area contributed by atoms with Crippen LogP contribution in [0.25, 0.3) is 0 Å². The number of rotatable bonds is 2. The van der Waals surface area contributed by atoms with E-state index in [2.05, 4.69) is 6.58 Å². The van der Waals surface area contributed by atoms with Gasteiger partial charge in [-0.3, -0.25) is 14.4 Å². The first-order valence-electron chi connectivity index (χ1n) is 11.3. The minimum absolute atomic E-state index is 0.0229. The summed E-state index contributed by atoms with van der Waals surface area (Å²) in [6.45, 7) is 12.8. The second kappa shape index (κ2) is 5.98. The van der Waals surface area contributed by atoms with Crippen molar-refractivity contribution in [1.82, 2.24) is 0 Å². The SMILES string of the molecule is C=C1C(=O)C23CC1CC1OC12C1(C)C(OC(C)=O)C(OC(C)=O)CC(C)(C)C1C(O)C3. The lowest BCUT2D eigenvalue weighted by molar-refractivity contribution is -0.269. The third-order valence-corrected chi connectivity index (χ3v) is 9.24. The molecule has 5 fully saturated rings. The van der Waals surface area contributed by atoms with Gasteiger partial charge in [-0.2, -0.15) is 0 Å². The molecule has 1 N–H and O–H groups in total. The number of Topliss-reactive ketones (excluding diaryl/α,β-unsaturated/α-hetero) is 1. The summed E-state index contributed by atoms with van der Waals surface area (Å²) in [6, 6.07) is 0. The monoisotopic (exact) mass is 432 g/mol. The van der Waals surface area contributed by atoms with E-state index >= 15 is 0 Å². The number of fused-ring (bicyclic) bond motifs is 2. The molecule has 0 aromatic rings. The summed E-state index contributed by atoms with van der Waals surface area (Å²) in [4.78, 5) is 37.8. The van der Waals surface area contributed by atoms with Gasteiger partial charge >= 0.3 is 11.9 Å². The van der Waals surface area contributed by atoms with Gasteiger partial charge < -0.3 is 19.3 Å². The van der Waals surface area contributed by atoms with Crippen molar-refractivity contribution in [1.29, 1.82) is 0 Å². The second-order valence-corrected chi connectivity index (χ2v) is 11.3. The van der Waals surface area contributed by atoms with E-state index in [1.54, 1.807) is 0 Å². The maximum Gasteiger partial charge on any atom is 0.303 e. The predicted octanol–water partition coefficient (Wildman–Crippen LogP) is 2.34. The van der Waals surface area contributed by atoms with Crippen molar-refractivity contribution in [2.45, 2.75) is 90.3 Å². The maximum absolute atomic E-state index is 13.6. The predicted molar refractivity (Wildman–Crippen MR) is 109 cm³/mol. The van der Waals surface area contributed by atoms with Crippen LogP contribution in [0.1, 0.15) is 60.3 Å². The molecular formula is C24H32O7. The number of aliphatic hydroxyl groups is 1. The molecule has 4 aliphatic carbocycles. The summed E-state index contributed by atoms with van der Waals surface area (Å²) in [5.41, 5.74) is -2.47. The van der Waals surface area contributed by atoms with Crippen LogP contribution in [0.15, 0.2) is 12.2 Å². The fourth-order valence-corrected chi connectivity index (χ4v) is 8.73. The van der Waals surface area contributed by atoms with Gasteiger partial charge in [-0.25, -0.2) is 0 Å². The van der Waals surface area contributed by atoms with Crippen molar-refractivity contribution < 1.29 is 33.7 Å². The zero-order chi connectivity index (χ0) is 22.7. The lowest BCUT2D eigenvalue weighted by atomic mass is 9.38. The van der Waals surface area contributed by atoms with Crippen LogP contribution in [0.3, 0.4) is 0 Å². The number of carbonyl (C=O) groups is 3. The van der Waals surface area contributed by atoms with Gasteiger partial charge in [0.05, 0.1) is 17.6 Å². The average Bonchev–Trinajstić information content (AvgIpc) is 3.34. The third kappa shape index (κ3) is 2.29. The number of ketones is 1. The average molecular weight is 433 g/mol. The number of esters is 2. The summed E-state index contributed by atoms with van der Waals surface area (Å²) in [5.74, 6) is -1.20. The van der Waals surface area contributed by atoms with E-state index in [0.29, 0.717) is 31.3 Å². The van der Waals surface area contributed by atoms with Gasteiger partial charge in [-0.15, -0.1) is 0 Å². The van der Waals surface area contributed by atoms with E-state index in [4.69, 9.17) is 14.2 Å². The van der Waals surface area contributed by atoms with Crippen LogP contribution in [-0.2, 0) is 28.6 Å². The molecule has 2 spiro atoms. The highest BCUT2D eigenvalue weighted by Crippen LogP contribution is 2.80. The Morgan fingerprint density at radius 1 is 1.10 bits per heavy atom. The third-order valence-electron chi connectivity index (χ3n) is 9.24. The van der Waals surface area contributed by atoms with Gasteiger partial charge in [0.25, 0.3) is 0 Å². The summed E-state index contributed by atoms with van der Waals surface area (Å²) in [6.07, 6.45) is -0.369. The van der Waals surface area contributed by atoms with Crippen LogP contribution < -0.4 is 0 Å². The molecule has 9 unspecified atom stereocenters. The van der Waals surface area contributed by atoms with E-state index in [1.165, 1.54) is 13.8 Å².